The Balaban J connectivity index is 3.18. The molecule has 0 spiro atoms. The van der Waals surface area contributed by atoms with E-state index in [2.05, 4.69) is 4.98 Å². The molecule has 0 N–H and O–H groups in total. The molecule has 5 nitrogen and oxygen atoms in total. The maximum absolute atomic E-state index is 11.7. The minimum atomic E-state index is -1.40. The second-order valence-corrected chi connectivity index (χ2v) is 4.86. The lowest BCUT2D eigenvalue weighted by molar-refractivity contribution is -0.154. The van der Waals surface area contributed by atoms with Crippen molar-refractivity contribution in [1.82, 2.24) is 4.98 Å². The number of aromatic nitrogens is 1. The predicted octanol–water partition coefficient (Wildman–Crippen LogP) is 2.90. The Labute approximate surface area is 127 Å². The number of hydrogen-bond donors (Lipinski definition) is 0. The molecule has 1 aromatic rings. The first kappa shape index (κ1) is 16.7. The van der Waals surface area contributed by atoms with Gasteiger partial charge in [-0.1, -0.05) is 23.2 Å². The summed E-state index contributed by atoms with van der Waals surface area (Å²) in [5.74, 6) is -1.21. The number of rotatable bonds is 5. The molecule has 0 amide bonds. The summed E-state index contributed by atoms with van der Waals surface area (Å²) in [7, 11) is 0. The van der Waals surface area contributed by atoms with Crippen LogP contribution in [0.5, 0.6) is 5.75 Å². The fraction of sp³-hybridized carbons (Fsp3) is 0.462. The van der Waals surface area contributed by atoms with Crippen molar-refractivity contribution in [2.24, 2.45) is 0 Å². The number of hydrogen-bond acceptors (Lipinski definition) is 5. The summed E-state index contributed by atoms with van der Waals surface area (Å²) in [5.41, 5.74) is 0.990. The van der Waals surface area contributed by atoms with E-state index in [0.29, 0.717) is 11.4 Å². The highest BCUT2D eigenvalue weighted by Crippen LogP contribution is 2.37. The van der Waals surface area contributed by atoms with Crippen molar-refractivity contribution in [3.8, 4) is 5.75 Å². The molecule has 1 atom stereocenters. The lowest BCUT2D eigenvalue weighted by atomic mass is 10.2. The number of carbonyl (C=O) groups is 2. The summed E-state index contributed by atoms with van der Waals surface area (Å²) >= 11 is 12.1. The maximum Gasteiger partial charge on any atom is 0.355 e. The molecule has 0 saturated heterocycles. The van der Waals surface area contributed by atoms with Crippen molar-refractivity contribution in [2.45, 2.75) is 33.8 Å². The van der Waals surface area contributed by atoms with E-state index in [4.69, 9.17) is 32.7 Å². The van der Waals surface area contributed by atoms with Gasteiger partial charge in [-0.05, 0) is 27.7 Å². The summed E-state index contributed by atoms with van der Waals surface area (Å²) < 4.78 is 10.2. The first-order valence-corrected chi connectivity index (χ1v) is 6.71. The van der Waals surface area contributed by atoms with Gasteiger partial charge in [-0.3, -0.25) is 9.78 Å². The third-order valence-electron chi connectivity index (χ3n) is 2.48. The third kappa shape index (κ3) is 3.61. The molecule has 0 saturated carbocycles. The summed E-state index contributed by atoms with van der Waals surface area (Å²) in [6, 6.07) is 0. The van der Waals surface area contributed by atoms with Crippen LogP contribution in [0.1, 0.15) is 25.2 Å². The molecule has 0 bridgehead atoms. The average Bonchev–Trinajstić information content (AvgIpc) is 2.36. The number of aryl methyl sites for hydroxylation is 2. The van der Waals surface area contributed by atoms with Crippen LogP contribution < -0.4 is 4.74 Å². The van der Waals surface area contributed by atoms with Gasteiger partial charge in [-0.15, -0.1) is 0 Å². The van der Waals surface area contributed by atoms with Gasteiger partial charge in [0.15, 0.2) is 11.5 Å². The molecule has 1 unspecified atom stereocenters. The largest absolute Gasteiger partial charge is 0.468 e. The standard InChI is InChI=1S/C13H15Cl2NO4/c1-5-19-13(18)11(8(4)17)20-12-9(14)6(2)16-7(3)10(12)15/h11H,5H2,1-4H3. The number of Topliss-reactive ketones (excluding diaryl/α,β-unsaturated/α-hetero) is 1. The monoisotopic (exact) mass is 319 g/mol. The van der Waals surface area contributed by atoms with Crippen molar-refractivity contribution in [2.75, 3.05) is 6.61 Å². The van der Waals surface area contributed by atoms with E-state index in [1.54, 1.807) is 20.8 Å². The van der Waals surface area contributed by atoms with Crippen molar-refractivity contribution >= 4 is 35.0 Å². The van der Waals surface area contributed by atoms with Crippen LogP contribution in [-0.4, -0.2) is 29.4 Å². The number of ketones is 1. The average molecular weight is 320 g/mol. The Hall–Kier alpha value is -1.33. The van der Waals surface area contributed by atoms with Crippen molar-refractivity contribution in [3.63, 3.8) is 0 Å². The van der Waals surface area contributed by atoms with Gasteiger partial charge in [-0.25, -0.2) is 4.79 Å². The molecule has 7 heteroatoms. The van der Waals surface area contributed by atoms with Gasteiger partial charge >= 0.3 is 5.97 Å². The number of ether oxygens (including phenoxy) is 2. The lowest BCUT2D eigenvalue weighted by Crippen LogP contribution is -2.36. The van der Waals surface area contributed by atoms with Gasteiger partial charge in [0, 0.05) is 0 Å². The zero-order valence-corrected chi connectivity index (χ0v) is 13.1. The fourth-order valence-electron chi connectivity index (χ4n) is 1.51. The van der Waals surface area contributed by atoms with Crippen LogP contribution in [0.15, 0.2) is 0 Å². The molecule has 1 rings (SSSR count). The molecule has 110 valence electrons. The number of nitrogens with zero attached hydrogens (tertiary/aromatic N) is 1. The van der Waals surface area contributed by atoms with Gasteiger partial charge < -0.3 is 9.47 Å². The van der Waals surface area contributed by atoms with E-state index in [0.717, 1.165) is 0 Å². The molecule has 0 aliphatic carbocycles. The smallest absolute Gasteiger partial charge is 0.355 e. The Morgan fingerprint density at radius 3 is 2.10 bits per heavy atom. The topological polar surface area (TPSA) is 65.5 Å². The first-order chi connectivity index (χ1) is 9.29. The molecule has 0 aliphatic heterocycles. The molecule has 20 heavy (non-hydrogen) atoms. The minimum Gasteiger partial charge on any atom is -0.468 e. The first-order valence-electron chi connectivity index (χ1n) is 5.95. The molecule has 0 radical (unpaired) electrons. The van der Waals surface area contributed by atoms with E-state index in [9.17, 15) is 9.59 Å². The molecule has 0 aliphatic rings. The second kappa shape index (κ2) is 6.90. The summed E-state index contributed by atoms with van der Waals surface area (Å²) in [5, 5.41) is 0.326. The van der Waals surface area contributed by atoms with Crippen LogP contribution in [0, 0.1) is 13.8 Å². The molecule has 1 heterocycles. The van der Waals surface area contributed by atoms with E-state index in [1.165, 1.54) is 6.92 Å². The Bertz CT molecular complexity index is 519. The van der Waals surface area contributed by atoms with Gasteiger partial charge in [0.1, 0.15) is 10.0 Å². The Morgan fingerprint density at radius 2 is 1.70 bits per heavy atom. The highest BCUT2D eigenvalue weighted by molar-refractivity contribution is 6.37. The normalized spacial score (nSPS) is 11.9. The zero-order chi connectivity index (χ0) is 15.4. The number of esters is 1. The number of carbonyl (C=O) groups excluding carboxylic acids is 2. The van der Waals surface area contributed by atoms with Crippen molar-refractivity contribution < 1.29 is 19.1 Å². The lowest BCUT2D eigenvalue weighted by Gasteiger charge is -2.18. The third-order valence-corrected chi connectivity index (χ3v) is 3.37. The quantitative estimate of drug-likeness (QED) is 0.616. The summed E-state index contributed by atoms with van der Waals surface area (Å²) in [4.78, 5) is 27.4. The van der Waals surface area contributed by atoms with Gasteiger partial charge in [0.05, 0.1) is 18.0 Å². The van der Waals surface area contributed by atoms with E-state index < -0.39 is 17.9 Å². The van der Waals surface area contributed by atoms with Gasteiger partial charge in [-0.2, -0.15) is 0 Å². The van der Waals surface area contributed by atoms with Crippen LogP contribution >= 0.6 is 23.2 Å². The van der Waals surface area contributed by atoms with Gasteiger partial charge in [0.2, 0.25) is 0 Å². The van der Waals surface area contributed by atoms with Crippen LogP contribution in [-0.2, 0) is 14.3 Å². The van der Waals surface area contributed by atoms with Crippen LogP contribution in [0.4, 0.5) is 0 Å². The highest BCUT2D eigenvalue weighted by Gasteiger charge is 2.29. The number of halogens is 2. The SMILES string of the molecule is CCOC(=O)C(Oc1c(Cl)c(C)nc(C)c1Cl)C(C)=O. The molecule has 1 aromatic heterocycles. The van der Waals surface area contributed by atoms with Crippen molar-refractivity contribution in [1.29, 1.82) is 0 Å². The van der Waals surface area contributed by atoms with Crippen molar-refractivity contribution in [3.05, 3.63) is 21.4 Å². The van der Waals surface area contributed by atoms with Gasteiger partial charge in [0.25, 0.3) is 6.10 Å². The molecular formula is C13H15Cl2NO4. The molecule has 0 fully saturated rings. The zero-order valence-electron chi connectivity index (χ0n) is 11.6. The van der Waals surface area contributed by atoms with E-state index in [-0.39, 0.29) is 22.4 Å². The Morgan fingerprint density at radius 1 is 1.20 bits per heavy atom. The van der Waals surface area contributed by atoms with E-state index in [1.807, 2.05) is 0 Å². The van der Waals surface area contributed by atoms with Crippen LogP contribution in [0.2, 0.25) is 10.0 Å². The van der Waals surface area contributed by atoms with Crippen LogP contribution in [0.3, 0.4) is 0 Å². The molecule has 0 aromatic carbocycles. The highest BCUT2D eigenvalue weighted by atomic mass is 35.5. The summed E-state index contributed by atoms with van der Waals surface area (Å²) in [6.45, 7) is 6.35. The predicted molar refractivity (Wildman–Crippen MR) is 75.5 cm³/mol. The second-order valence-electron chi connectivity index (χ2n) is 4.10. The van der Waals surface area contributed by atoms with Crippen LogP contribution in [0.25, 0.3) is 0 Å². The number of pyridine rings is 1. The minimum absolute atomic E-state index is 0.0617. The molecular weight excluding hydrogens is 305 g/mol. The summed E-state index contributed by atoms with van der Waals surface area (Å²) in [6.07, 6.45) is -1.40. The van der Waals surface area contributed by atoms with E-state index >= 15 is 0 Å². The fourth-order valence-corrected chi connectivity index (χ4v) is 1.92. The maximum atomic E-state index is 11.7. The Kier molecular flexibility index (Phi) is 5.77.